The van der Waals surface area contributed by atoms with Gasteiger partial charge in [0.25, 0.3) is 0 Å². The van der Waals surface area contributed by atoms with Gasteiger partial charge in [-0.2, -0.15) is 0 Å². The zero-order valence-electron chi connectivity index (χ0n) is 16.9. The molecule has 0 radical (unpaired) electrons. The zero-order chi connectivity index (χ0) is 20.2. The van der Waals surface area contributed by atoms with Crippen LogP contribution in [0.15, 0.2) is 59.0 Å². The molecular weight excluding hydrogens is 364 g/mol. The zero-order valence-corrected chi connectivity index (χ0v) is 16.9. The van der Waals surface area contributed by atoms with E-state index in [1.54, 1.807) is 13.2 Å². The number of furan rings is 1. The normalized spacial score (nSPS) is 14.7. The van der Waals surface area contributed by atoms with Gasteiger partial charge in [0.15, 0.2) is 0 Å². The van der Waals surface area contributed by atoms with Crippen molar-refractivity contribution >= 4 is 28.6 Å². The molecule has 2 heterocycles. The van der Waals surface area contributed by atoms with Gasteiger partial charge in [0.1, 0.15) is 17.1 Å². The van der Waals surface area contributed by atoms with Crippen LogP contribution in [0, 0.1) is 0 Å². The average Bonchev–Trinajstić information content (AvgIpc) is 3.15. The first-order valence-electron chi connectivity index (χ1n) is 10.1. The van der Waals surface area contributed by atoms with Gasteiger partial charge in [0.05, 0.1) is 12.8 Å². The Kier molecular flexibility index (Phi) is 5.56. The van der Waals surface area contributed by atoms with Crippen molar-refractivity contribution in [1.82, 2.24) is 4.90 Å². The number of hydrogen-bond donors (Lipinski definition) is 0. The number of carbonyl (C=O) groups is 1. The predicted molar refractivity (Wildman–Crippen MR) is 116 cm³/mol. The SMILES string of the molecule is CCc1oc2ccccc2c1/C=C/C(=O)N1CCN(c2ccccc2OC)CC1. The van der Waals surface area contributed by atoms with Crippen LogP contribution in [-0.4, -0.2) is 44.1 Å². The van der Waals surface area contributed by atoms with Gasteiger partial charge < -0.3 is 19.0 Å². The maximum atomic E-state index is 12.8. The highest BCUT2D eigenvalue weighted by atomic mass is 16.5. The summed E-state index contributed by atoms with van der Waals surface area (Å²) in [5.41, 5.74) is 2.95. The molecule has 0 unspecified atom stereocenters. The lowest BCUT2D eigenvalue weighted by Crippen LogP contribution is -2.48. The third-order valence-corrected chi connectivity index (χ3v) is 5.44. The van der Waals surface area contributed by atoms with E-state index in [9.17, 15) is 4.79 Å². The molecule has 5 nitrogen and oxygen atoms in total. The summed E-state index contributed by atoms with van der Waals surface area (Å²) in [6, 6.07) is 16.0. The van der Waals surface area contributed by atoms with Crippen molar-refractivity contribution in [2.24, 2.45) is 0 Å². The number of benzene rings is 2. The van der Waals surface area contributed by atoms with Gasteiger partial charge in [-0.05, 0) is 24.3 Å². The van der Waals surface area contributed by atoms with Crippen molar-refractivity contribution in [3.63, 3.8) is 0 Å². The fourth-order valence-corrected chi connectivity index (χ4v) is 3.88. The van der Waals surface area contributed by atoms with Crippen molar-refractivity contribution in [3.05, 3.63) is 65.9 Å². The van der Waals surface area contributed by atoms with E-state index >= 15 is 0 Å². The van der Waals surface area contributed by atoms with Crippen LogP contribution in [0.3, 0.4) is 0 Å². The molecule has 4 rings (SSSR count). The van der Waals surface area contributed by atoms with Crippen LogP contribution in [0.4, 0.5) is 5.69 Å². The van der Waals surface area contributed by atoms with Gasteiger partial charge in [-0.3, -0.25) is 4.79 Å². The summed E-state index contributed by atoms with van der Waals surface area (Å²) >= 11 is 0. The fourth-order valence-electron chi connectivity index (χ4n) is 3.88. The first kappa shape index (κ1) is 19.1. The highest BCUT2D eigenvalue weighted by Crippen LogP contribution is 2.29. The molecule has 1 aliphatic rings. The summed E-state index contributed by atoms with van der Waals surface area (Å²) in [7, 11) is 1.69. The van der Waals surface area contributed by atoms with E-state index in [4.69, 9.17) is 9.15 Å². The summed E-state index contributed by atoms with van der Waals surface area (Å²) in [6.07, 6.45) is 4.37. The third-order valence-electron chi connectivity index (χ3n) is 5.44. The van der Waals surface area contributed by atoms with Crippen molar-refractivity contribution in [2.75, 3.05) is 38.2 Å². The molecule has 0 aliphatic carbocycles. The van der Waals surface area contributed by atoms with Gasteiger partial charge in [-0.15, -0.1) is 0 Å². The average molecular weight is 390 g/mol. The van der Waals surface area contributed by atoms with E-state index < -0.39 is 0 Å². The number of methoxy groups -OCH3 is 1. The van der Waals surface area contributed by atoms with E-state index in [0.29, 0.717) is 13.1 Å². The highest BCUT2D eigenvalue weighted by Gasteiger charge is 2.22. The second-order valence-electron chi connectivity index (χ2n) is 7.11. The number of rotatable bonds is 5. The Morgan fingerprint density at radius 3 is 2.55 bits per heavy atom. The molecule has 0 saturated carbocycles. The van der Waals surface area contributed by atoms with Crippen LogP contribution in [0.1, 0.15) is 18.2 Å². The summed E-state index contributed by atoms with van der Waals surface area (Å²) in [6.45, 7) is 5.01. The van der Waals surface area contributed by atoms with Crippen LogP contribution in [0.2, 0.25) is 0 Å². The maximum Gasteiger partial charge on any atom is 0.246 e. The molecule has 0 spiro atoms. The number of para-hydroxylation sites is 3. The third kappa shape index (κ3) is 3.86. The number of carbonyl (C=O) groups excluding carboxylic acids is 1. The number of nitrogens with zero attached hydrogens (tertiary/aromatic N) is 2. The minimum absolute atomic E-state index is 0.0389. The molecule has 3 aromatic rings. The Balaban J connectivity index is 1.44. The second-order valence-corrected chi connectivity index (χ2v) is 7.11. The van der Waals surface area contributed by atoms with E-state index in [1.807, 2.05) is 53.4 Å². The minimum atomic E-state index is 0.0389. The quantitative estimate of drug-likeness (QED) is 0.607. The van der Waals surface area contributed by atoms with Crippen molar-refractivity contribution in [3.8, 4) is 5.75 Å². The Bertz CT molecular complexity index is 1030. The lowest BCUT2D eigenvalue weighted by atomic mass is 10.1. The largest absolute Gasteiger partial charge is 0.495 e. The van der Waals surface area contributed by atoms with Gasteiger partial charge in [-0.1, -0.05) is 37.3 Å². The van der Waals surface area contributed by atoms with Gasteiger partial charge >= 0.3 is 0 Å². The number of piperazine rings is 1. The number of amides is 1. The molecule has 5 heteroatoms. The molecule has 2 aromatic carbocycles. The van der Waals surface area contributed by atoms with Crippen LogP contribution in [0.5, 0.6) is 5.75 Å². The highest BCUT2D eigenvalue weighted by molar-refractivity contribution is 5.96. The molecule has 150 valence electrons. The van der Waals surface area contributed by atoms with Gasteiger partial charge in [-0.25, -0.2) is 0 Å². The summed E-state index contributed by atoms with van der Waals surface area (Å²) < 4.78 is 11.4. The van der Waals surface area contributed by atoms with Crippen molar-refractivity contribution in [1.29, 1.82) is 0 Å². The molecule has 1 aromatic heterocycles. The lowest BCUT2D eigenvalue weighted by Gasteiger charge is -2.36. The fraction of sp³-hybridized carbons (Fsp3) is 0.292. The molecule has 29 heavy (non-hydrogen) atoms. The number of anilines is 1. The Morgan fingerprint density at radius 2 is 1.79 bits per heavy atom. The van der Waals surface area contributed by atoms with Crippen molar-refractivity contribution in [2.45, 2.75) is 13.3 Å². The van der Waals surface area contributed by atoms with Crippen LogP contribution < -0.4 is 9.64 Å². The monoisotopic (exact) mass is 390 g/mol. The molecule has 1 amide bonds. The second kappa shape index (κ2) is 8.43. The Labute approximate surface area is 171 Å². The number of hydrogen-bond acceptors (Lipinski definition) is 4. The molecular formula is C24H26N2O3. The topological polar surface area (TPSA) is 45.9 Å². The molecule has 0 N–H and O–H groups in total. The maximum absolute atomic E-state index is 12.8. The van der Waals surface area contributed by atoms with Crippen LogP contribution in [0.25, 0.3) is 17.0 Å². The van der Waals surface area contributed by atoms with Crippen LogP contribution >= 0.6 is 0 Å². The molecule has 0 bridgehead atoms. The molecule has 1 fully saturated rings. The van der Waals surface area contributed by atoms with E-state index in [0.717, 1.165) is 53.2 Å². The molecule has 1 aliphatic heterocycles. The Morgan fingerprint density at radius 1 is 1.07 bits per heavy atom. The smallest absolute Gasteiger partial charge is 0.246 e. The number of fused-ring (bicyclic) bond motifs is 1. The van der Waals surface area contributed by atoms with Gasteiger partial charge in [0, 0.05) is 49.6 Å². The lowest BCUT2D eigenvalue weighted by molar-refractivity contribution is -0.126. The van der Waals surface area contributed by atoms with E-state index in [1.165, 1.54) is 0 Å². The van der Waals surface area contributed by atoms with Crippen LogP contribution in [-0.2, 0) is 11.2 Å². The standard InChI is InChI=1S/C24H26N2O3/c1-3-21-19(18-8-4-6-10-22(18)29-21)12-13-24(27)26-16-14-25(15-17-26)20-9-5-7-11-23(20)28-2/h4-13H,3,14-17H2,1-2H3/b13-12+. The first-order valence-corrected chi connectivity index (χ1v) is 10.1. The summed E-state index contributed by atoms with van der Waals surface area (Å²) in [5, 5.41) is 1.05. The predicted octanol–water partition coefficient (Wildman–Crippen LogP) is 4.37. The number of aryl methyl sites for hydroxylation is 1. The number of ether oxygens (including phenoxy) is 1. The first-order chi connectivity index (χ1) is 14.2. The summed E-state index contributed by atoms with van der Waals surface area (Å²) in [4.78, 5) is 16.9. The Hall–Kier alpha value is -3.21. The van der Waals surface area contributed by atoms with Crippen molar-refractivity contribution < 1.29 is 13.9 Å². The molecule has 0 atom stereocenters. The van der Waals surface area contributed by atoms with Gasteiger partial charge in [0.2, 0.25) is 5.91 Å². The summed E-state index contributed by atoms with van der Waals surface area (Å²) in [5.74, 6) is 1.82. The van der Waals surface area contributed by atoms with E-state index in [-0.39, 0.29) is 5.91 Å². The molecule has 1 saturated heterocycles. The minimum Gasteiger partial charge on any atom is -0.495 e. The van der Waals surface area contributed by atoms with E-state index in [2.05, 4.69) is 17.9 Å².